The van der Waals surface area contributed by atoms with Crippen molar-refractivity contribution in [3.05, 3.63) is 264 Å². The van der Waals surface area contributed by atoms with E-state index in [9.17, 15) is 0 Å². The zero-order valence-corrected chi connectivity index (χ0v) is 36.6. The molecule has 0 atom stereocenters. The lowest BCUT2D eigenvalue weighted by molar-refractivity contribution is 0.660. The summed E-state index contributed by atoms with van der Waals surface area (Å²) in [5.74, 6) is 0. The number of benzene rings is 10. The van der Waals surface area contributed by atoms with Crippen molar-refractivity contribution in [1.82, 2.24) is 0 Å². The monoisotopic (exact) mass is 832 g/mol. The second-order valence-electron chi connectivity index (χ2n) is 17.5. The topological polar surface area (TPSA) is 6.48 Å². The minimum atomic E-state index is -0.265. The van der Waals surface area contributed by atoms with Crippen LogP contribution >= 0.6 is 0 Å². The molecule has 0 amide bonds. The summed E-state index contributed by atoms with van der Waals surface area (Å²) in [5.41, 5.74) is 16.4. The van der Waals surface area contributed by atoms with Gasteiger partial charge in [-0.15, -0.1) is 0 Å². The van der Waals surface area contributed by atoms with Gasteiger partial charge in [-0.05, 0) is 139 Å². The average molecular weight is 833 g/mol. The Kier molecular flexibility index (Phi) is 10.3. The highest BCUT2D eigenvalue weighted by molar-refractivity contribution is 5.93. The van der Waals surface area contributed by atoms with Crippen LogP contribution in [0, 0.1) is 0 Å². The molecule has 10 aromatic rings. The molecule has 1 aliphatic rings. The van der Waals surface area contributed by atoms with E-state index in [-0.39, 0.29) is 5.41 Å². The second kappa shape index (κ2) is 16.8. The summed E-state index contributed by atoms with van der Waals surface area (Å²) in [7, 11) is 0. The van der Waals surface area contributed by atoms with E-state index in [2.05, 4.69) is 278 Å². The Labute approximate surface area is 382 Å². The number of fused-ring (bicyclic) bond motifs is 5. The molecule has 0 saturated carbocycles. The highest BCUT2D eigenvalue weighted by Crippen LogP contribution is 2.52. The summed E-state index contributed by atoms with van der Waals surface area (Å²) < 4.78 is 0. The van der Waals surface area contributed by atoms with Crippen LogP contribution in [0.1, 0.15) is 47.2 Å². The van der Waals surface area contributed by atoms with Crippen LogP contribution in [0.15, 0.2) is 231 Å². The van der Waals surface area contributed by atoms with Gasteiger partial charge in [0.1, 0.15) is 0 Å². The number of hydrogen-bond donors (Lipinski definition) is 0. The maximum absolute atomic E-state index is 2.43. The molecule has 11 rings (SSSR count). The van der Waals surface area contributed by atoms with Crippen molar-refractivity contribution in [3.8, 4) is 11.1 Å². The van der Waals surface area contributed by atoms with Crippen LogP contribution in [-0.4, -0.2) is 0 Å². The summed E-state index contributed by atoms with van der Waals surface area (Å²) in [4.78, 5) is 4.81. The molecule has 310 valence electrons. The van der Waals surface area contributed by atoms with Gasteiger partial charge in [-0.3, -0.25) is 0 Å². The Balaban J connectivity index is 0.972. The summed E-state index contributed by atoms with van der Waals surface area (Å²) >= 11 is 0. The van der Waals surface area contributed by atoms with Crippen LogP contribution in [0.2, 0.25) is 0 Å². The number of hydrogen-bond acceptors (Lipinski definition) is 2. The van der Waals surface area contributed by atoms with E-state index in [1.54, 1.807) is 0 Å². The number of anilines is 6. The first-order valence-electron chi connectivity index (χ1n) is 22.5. The van der Waals surface area contributed by atoms with E-state index >= 15 is 0 Å². The lowest BCUT2D eigenvalue weighted by Crippen LogP contribution is -2.17. The van der Waals surface area contributed by atoms with Gasteiger partial charge in [0.05, 0.1) is 0 Å². The van der Waals surface area contributed by atoms with Crippen LogP contribution in [0.25, 0.3) is 57.0 Å². The van der Waals surface area contributed by atoms with Crippen molar-refractivity contribution in [2.24, 2.45) is 0 Å². The lowest BCUT2D eigenvalue weighted by atomic mass is 9.82. The lowest BCUT2D eigenvalue weighted by Gasteiger charge is -2.29. The summed E-state index contributed by atoms with van der Waals surface area (Å²) in [6.07, 6.45) is 8.71. The Morgan fingerprint density at radius 3 is 0.985 bits per heavy atom. The van der Waals surface area contributed by atoms with Gasteiger partial charge in [-0.1, -0.05) is 196 Å². The fraction of sp³-hybridized carbons (Fsp3) is 0.0476. The van der Waals surface area contributed by atoms with E-state index in [0.717, 1.165) is 45.3 Å². The molecule has 10 aromatic carbocycles. The molecule has 0 fully saturated rings. The maximum Gasteiger partial charge on any atom is 0.0468 e. The zero-order chi connectivity index (χ0) is 43.7. The molecule has 0 bridgehead atoms. The van der Waals surface area contributed by atoms with Gasteiger partial charge < -0.3 is 9.80 Å². The highest BCUT2D eigenvalue weighted by Gasteiger charge is 2.37. The second-order valence-corrected chi connectivity index (χ2v) is 17.5. The van der Waals surface area contributed by atoms with Gasteiger partial charge in [-0.2, -0.15) is 0 Å². The maximum atomic E-state index is 2.43. The van der Waals surface area contributed by atoms with Crippen molar-refractivity contribution in [2.45, 2.75) is 19.3 Å². The molecule has 65 heavy (non-hydrogen) atoms. The molecule has 0 unspecified atom stereocenters. The van der Waals surface area contributed by atoms with Gasteiger partial charge in [-0.25, -0.2) is 0 Å². The molecule has 0 N–H and O–H groups in total. The highest BCUT2D eigenvalue weighted by atomic mass is 15.1. The molecule has 0 aromatic heterocycles. The third kappa shape index (κ3) is 7.81. The molecule has 0 spiro atoms. The van der Waals surface area contributed by atoms with E-state index in [4.69, 9.17) is 0 Å². The normalized spacial score (nSPS) is 12.8. The number of rotatable bonds is 10. The molecular formula is C63H48N2. The molecule has 0 aliphatic heterocycles. The average Bonchev–Trinajstić information content (AvgIpc) is 3.58. The third-order valence-corrected chi connectivity index (χ3v) is 13.0. The van der Waals surface area contributed by atoms with Gasteiger partial charge in [0, 0.05) is 39.5 Å². The summed E-state index contributed by atoms with van der Waals surface area (Å²) in [6.45, 7) is 4.77. The van der Waals surface area contributed by atoms with Gasteiger partial charge in [0.25, 0.3) is 0 Å². The molecular weight excluding hydrogens is 785 g/mol. The van der Waals surface area contributed by atoms with Crippen LogP contribution < -0.4 is 9.80 Å². The fourth-order valence-electron chi connectivity index (χ4n) is 9.50. The van der Waals surface area contributed by atoms with E-state index in [0.29, 0.717) is 0 Å². The van der Waals surface area contributed by atoms with Crippen molar-refractivity contribution in [1.29, 1.82) is 0 Å². The molecule has 0 saturated heterocycles. The molecule has 0 heterocycles. The zero-order valence-electron chi connectivity index (χ0n) is 36.6. The van der Waals surface area contributed by atoms with Crippen molar-refractivity contribution < 1.29 is 0 Å². The Morgan fingerprint density at radius 1 is 0.277 bits per heavy atom. The molecule has 0 radical (unpaired) electrons. The standard InChI is InChI=1S/C63H48N2/c1-63(2)61-43-57(64(55-35-29-49-17-9-11-19-51(49)41-55)53-31-25-47(26-32-53)23-21-45-13-5-3-6-14-45)37-39-59(61)60-40-38-58(44-62(60)63)65(56-36-30-50-18-10-12-20-52(50)42-56)54-33-27-48(28-34-54)24-22-46-15-7-4-8-16-46/h3-44H,1-2H3/b23-21+,24-22+. The molecule has 2 heteroatoms. The summed E-state index contributed by atoms with van der Waals surface area (Å²) in [5, 5.41) is 4.89. The third-order valence-electron chi connectivity index (χ3n) is 13.0. The quantitative estimate of drug-likeness (QED) is 0.127. The van der Waals surface area contributed by atoms with E-state index < -0.39 is 0 Å². The minimum absolute atomic E-state index is 0.265. The van der Waals surface area contributed by atoms with Crippen molar-refractivity contribution >= 4 is 80.0 Å². The van der Waals surface area contributed by atoms with Crippen LogP contribution in [0.5, 0.6) is 0 Å². The van der Waals surface area contributed by atoms with E-state index in [1.165, 1.54) is 54.9 Å². The first-order valence-corrected chi connectivity index (χ1v) is 22.5. The Bertz CT molecular complexity index is 3150. The van der Waals surface area contributed by atoms with Crippen LogP contribution in [-0.2, 0) is 5.41 Å². The Hall–Kier alpha value is -8.20. The summed E-state index contributed by atoms with van der Waals surface area (Å²) in [6, 6.07) is 83.7. The Morgan fingerprint density at radius 2 is 0.585 bits per heavy atom. The fourth-order valence-corrected chi connectivity index (χ4v) is 9.50. The van der Waals surface area contributed by atoms with Crippen molar-refractivity contribution in [3.63, 3.8) is 0 Å². The van der Waals surface area contributed by atoms with E-state index in [1.807, 2.05) is 0 Å². The van der Waals surface area contributed by atoms with Crippen LogP contribution in [0.4, 0.5) is 34.1 Å². The number of nitrogens with zero attached hydrogens (tertiary/aromatic N) is 2. The SMILES string of the molecule is CC1(C)c2cc(N(c3ccc(/C=C/c4ccccc4)cc3)c3ccc4ccccc4c3)ccc2-c2ccc(N(c3ccc(/C=C/c4ccccc4)cc3)c3ccc4ccccc4c3)cc21. The molecule has 2 nitrogen and oxygen atoms in total. The minimum Gasteiger partial charge on any atom is -0.310 e. The largest absolute Gasteiger partial charge is 0.310 e. The van der Waals surface area contributed by atoms with Gasteiger partial charge in [0.15, 0.2) is 0 Å². The smallest absolute Gasteiger partial charge is 0.0468 e. The predicted octanol–water partition coefficient (Wildman–Crippen LogP) is 17.6. The van der Waals surface area contributed by atoms with Crippen molar-refractivity contribution in [2.75, 3.05) is 9.80 Å². The van der Waals surface area contributed by atoms with Crippen LogP contribution in [0.3, 0.4) is 0 Å². The molecule has 1 aliphatic carbocycles. The van der Waals surface area contributed by atoms with Gasteiger partial charge >= 0.3 is 0 Å². The first kappa shape index (κ1) is 39.6. The first-order chi connectivity index (χ1) is 31.9. The van der Waals surface area contributed by atoms with Gasteiger partial charge in [0.2, 0.25) is 0 Å². The predicted molar refractivity (Wildman–Crippen MR) is 279 cm³/mol.